The fraction of sp³-hybridized carbons (Fsp3) is 0.316. The predicted octanol–water partition coefficient (Wildman–Crippen LogP) is 3.88. The van der Waals surface area contributed by atoms with Crippen LogP contribution in [0.1, 0.15) is 40.4 Å². The first-order chi connectivity index (χ1) is 10.7. The van der Waals surface area contributed by atoms with Crippen molar-refractivity contribution in [2.75, 3.05) is 7.11 Å². The normalized spacial score (nSPS) is 15.2. The number of hydrogen-bond acceptors (Lipinski definition) is 2. The second-order valence-electron chi connectivity index (χ2n) is 5.93. The minimum Gasteiger partial charge on any atom is -0.497 e. The molecule has 1 aliphatic carbocycles. The van der Waals surface area contributed by atoms with Crippen LogP contribution in [0.4, 0.5) is 0 Å². The summed E-state index contributed by atoms with van der Waals surface area (Å²) >= 11 is 0. The molecule has 1 amide bonds. The SMILES string of the molecule is COc1ccc([C@@H](NC(=O)c2ccc(C)cc2)C2CC2)cc1. The van der Waals surface area contributed by atoms with Crippen molar-refractivity contribution in [2.45, 2.75) is 25.8 Å². The summed E-state index contributed by atoms with van der Waals surface area (Å²) in [4.78, 5) is 12.5. The molecule has 114 valence electrons. The lowest BCUT2D eigenvalue weighted by atomic mass is 10.0. The first-order valence-corrected chi connectivity index (χ1v) is 7.69. The lowest BCUT2D eigenvalue weighted by Gasteiger charge is -2.19. The predicted molar refractivity (Wildman–Crippen MR) is 87.1 cm³/mol. The summed E-state index contributed by atoms with van der Waals surface area (Å²) in [6.45, 7) is 2.02. The van der Waals surface area contributed by atoms with Gasteiger partial charge in [0.1, 0.15) is 5.75 Å². The van der Waals surface area contributed by atoms with Crippen LogP contribution in [0, 0.1) is 12.8 Å². The van der Waals surface area contributed by atoms with Crippen LogP contribution in [0.5, 0.6) is 5.75 Å². The number of carbonyl (C=O) groups is 1. The van der Waals surface area contributed by atoms with Gasteiger partial charge in [-0.15, -0.1) is 0 Å². The van der Waals surface area contributed by atoms with Gasteiger partial charge >= 0.3 is 0 Å². The highest BCUT2D eigenvalue weighted by atomic mass is 16.5. The average Bonchev–Trinajstić information content (AvgIpc) is 3.38. The van der Waals surface area contributed by atoms with E-state index in [1.165, 1.54) is 12.8 Å². The molecule has 1 aliphatic rings. The first-order valence-electron chi connectivity index (χ1n) is 7.69. The van der Waals surface area contributed by atoms with Crippen molar-refractivity contribution < 1.29 is 9.53 Å². The number of benzene rings is 2. The molecular formula is C19H21NO2. The van der Waals surface area contributed by atoms with E-state index in [2.05, 4.69) is 5.32 Å². The van der Waals surface area contributed by atoms with Gasteiger partial charge in [0.25, 0.3) is 5.91 Å². The van der Waals surface area contributed by atoms with E-state index in [0.717, 1.165) is 16.9 Å². The largest absolute Gasteiger partial charge is 0.497 e. The molecule has 0 aromatic heterocycles. The third-order valence-corrected chi connectivity index (χ3v) is 4.17. The molecule has 0 aliphatic heterocycles. The van der Waals surface area contributed by atoms with Crippen molar-refractivity contribution in [3.05, 3.63) is 65.2 Å². The lowest BCUT2D eigenvalue weighted by Crippen LogP contribution is -2.29. The molecule has 2 aromatic rings. The van der Waals surface area contributed by atoms with Gasteiger partial charge in [0.15, 0.2) is 0 Å². The van der Waals surface area contributed by atoms with Crippen LogP contribution in [0.15, 0.2) is 48.5 Å². The highest BCUT2D eigenvalue weighted by Gasteiger charge is 2.33. The third-order valence-electron chi connectivity index (χ3n) is 4.17. The monoisotopic (exact) mass is 295 g/mol. The van der Waals surface area contributed by atoms with Gasteiger partial charge in [-0.25, -0.2) is 0 Å². The van der Waals surface area contributed by atoms with Gasteiger partial charge in [-0.2, -0.15) is 0 Å². The molecule has 3 rings (SSSR count). The van der Waals surface area contributed by atoms with Crippen molar-refractivity contribution in [1.29, 1.82) is 0 Å². The minimum absolute atomic E-state index is 0.00674. The molecule has 0 spiro atoms. The van der Waals surface area contributed by atoms with E-state index in [1.54, 1.807) is 7.11 Å². The summed E-state index contributed by atoms with van der Waals surface area (Å²) in [6.07, 6.45) is 2.34. The maximum absolute atomic E-state index is 12.5. The van der Waals surface area contributed by atoms with Crippen LogP contribution >= 0.6 is 0 Å². The summed E-state index contributed by atoms with van der Waals surface area (Å²) in [5.41, 5.74) is 3.01. The highest BCUT2D eigenvalue weighted by molar-refractivity contribution is 5.94. The van der Waals surface area contributed by atoms with Gasteiger partial charge in [-0.3, -0.25) is 4.79 Å². The number of nitrogens with one attached hydrogen (secondary N) is 1. The van der Waals surface area contributed by atoms with Gasteiger partial charge in [-0.05, 0) is 55.5 Å². The highest BCUT2D eigenvalue weighted by Crippen LogP contribution is 2.41. The van der Waals surface area contributed by atoms with E-state index in [-0.39, 0.29) is 11.9 Å². The molecule has 0 heterocycles. The van der Waals surface area contributed by atoms with Gasteiger partial charge < -0.3 is 10.1 Å². The summed E-state index contributed by atoms with van der Waals surface area (Å²) in [7, 11) is 1.66. The maximum atomic E-state index is 12.5. The van der Waals surface area contributed by atoms with E-state index < -0.39 is 0 Å². The molecule has 0 bridgehead atoms. The average molecular weight is 295 g/mol. The lowest BCUT2D eigenvalue weighted by molar-refractivity contribution is 0.0931. The van der Waals surface area contributed by atoms with Crippen molar-refractivity contribution in [3.8, 4) is 5.75 Å². The molecule has 0 unspecified atom stereocenters. The third kappa shape index (κ3) is 3.30. The number of hydrogen-bond donors (Lipinski definition) is 1. The Hall–Kier alpha value is -2.29. The Balaban J connectivity index is 1.76. The molecule has 3 nitrogen and oxygen atoms in total. The van der Waals surface area contributed by atoms with Gasteiger partial charge in [-0.1, -0.05) is 29.8 Å². The molecule has 2 aromatic carbocycles. The molecule has 3 heteroatoms. The van der Waals surface area contributed by atoms with Crippen LogP contribution in [0.3, 0.4) is 0 Å². The standard InChI is InChI=1S/C19H21NO2/c1-13-3-5-16(6-4-13)19(21)20-18(14-7-8-14)15-9-11-17(22-2)12-10-15/h3-6,9-12,14,18H,7-8H2,1-2H3,(H,20,21)/t18-/m0/s1. The molecule has 22 heavy (non-hydrogen) atoms. The van der Waals surface area contributed by atoms with Crippen molar-refractivity contribution in [3.63, 3.8) is 0 Å². The second-order valence-corrected chi connectivity index (χ2v) is 5.93. The van der Waals surface area contributed by atoms with Crippen molar-refractivity contribution in [2.24, 2.45) is 5.92 Å². The smallest absolute Gasteiger partial charge is 0.251 e. The second kappa shape index (κ2) is 6.22. The van der Waals surface area contributed by atoms with Crippen molar-refractivity contribution >= 4 is 5.91 Å². The Morgan fingerprint density at radius 2 is 1.73 bits per heavy atom. The molecular weight excluding hydrogens is 274 g/mol. The number of rotatable bonds is 5. The van der Waals surface area contributed by atoms with Crippen LogP contribution in [-0.4, -0.2) is 13.0 Å². The van der Waals surface area contributed by atoms with Crippen LogP contribution in [0.2, 0.25) is 0 Å². The zero-order chi connectivity index (χ0) is 15.5. The van der Waals surface area contributed by atoms with Crippen LogP contribution in [0.25, 0.3) is 0 Å². The van der Waals surface area contributed by atoms with E-state index in [4.69, 9.17) is 4.74 Å². The number of amides is 1. The van der Waals surface area contributed by atoms with Crippen LogP contribution < -0.4 is 10.1 Å². The Labute approximate surface area is 131 Å². The summed E-state index contributed by atoms with van der Waals surface area (Å²) < 4.78 is 5.20. The summed E-state index contributed by atoms with van der Waals surface area (Å²) in [5, 5.41) is 3.19. The number of methoxy groups -OCH3 is 1. The molecule has 1 atom stereocenters. The van der Waals surface area contributed by atoms with E-state index >= 15 is 0 Å². The zero-order valence-electron chi connectivity index (χ0n) is 13.0. The minimum atomic E-state index is -0.00674. The molecule has 0 saturated heterocycles. The summed E-state index contributed by atoms with van der Waals surface area (Å²) in [6, 6.07) is 15.7. The Bertz CT molecular complexity index is 642. The van der Waals surface area contributed by atoms with Gasteiger partial charge in [0, 0.05) is 5.56 Å². The van der Waals surface area contributed by atoms with Crippen molar-refractivity contribution in [1.82, 2.24) is 5.32 Å². The van der Waals surface area contributed by atoms with E-state index in [9.17, 15) is 4.79 Å². The number of aryl methyl sites for hydroxylation is 1. The maximum Gasteiger partial charge on any atom is 0.251 e. The Morgan fingerprint density at radius 3 is 2.27 bits per heavy atom. The van der Waals surface area contributed by atoms with Gasteiger partial charge in [0.05, 0.1) is 13.2 Å². The fourth-order valence-electron chi connectivity index (χ4n) is 2.64. The Kier molecular flexibility index (Phi) is 4.14. The molecule has 1 saturated carbocycles. The summed E-state index contributed by atoms with van der Waals surface area (Å²) in [5.74, 6) is 1.37. The quantitative estimate of drug-likeness (QED) is 0.909. The number of carbonyl (C=O) groups excluding carboxylic acids is 1. The molecule has 0 radical (unpaired) electrons. The van der Waals surface area contributed by atoms with Gasteiger partial charge in [0.2, 0.25) is 0 Å². The van der Waals surface area contributed by atoms with Crippen LogP contribution in [-0.2, 0) is 0 Å². The van der Waals surface area contributed by atoms with E-state index in [1.807, 2.05) is 55.5 Å². The molecule has 1 fully saturated rings. The fourth-order valence-corrected chi connectivity index (χ4v) is 2.64. The topological polar surface area (TPSA) is 38.3 Å². The Morgan fingerprint density at radius 1 is 1.09 bits per heavy atom. The van der Waals surface area contributed by atoms with E-state index in [0.29, 0.717) is 11.5 Å². The number of ether oxygens (including phenoxy) is 1. The zero-order valence-corrected chi connectivity index (χ0v) is 13.0. The first kappa shape index (κ1) is 14.6. The molecule has 1 N–H and O–H groups in total.